The van der Waals surface area contributed by atoms with E-state index in [4.69, 9.17) is 24.4 Å². The SMILES string of the molecule is CC(O)OCCOc1cccc(OCCO)c1. The number of rotatable bonds is 8. The van der Waals surface area contributed by atoms with E-state index in [9.17, 15) is 0 Å². The zero-order valence-corrected chi connectivity index (χ0v) is 9.83. The number of hydrogen-bond acceptors (Lipinski definition) is 5. The number of aliphatic hydroxyl groups excluding tert-OH is 2. The first-order chi connectivity index (χ1) is 8.22. The molecule has 1 aromatic rings. The average molecular weight is 242 g/mol. The first-order valence-electron chi connectivity index (χ1n) is 5.48. The van der Waals surface area contributed by atoms with E-state index < -0.39 is 6.29 Å². The summed E-state index contributed by atoms with van der Waals surface area (Å²) in [5.74, 6) is 1.31. The van der Waals surface area contributed by atoms with Crippen LogP contribution < -0.4 is 9.47 Å². The second kappa shape index (κ2) is 7.89. The van der Waals surface area contributed by atoms with Gasteiger partial charge in [-0.05, 0) is 19.1 Å². The normalized spacial score (nSPS) is 12.2. The van der Waals surface area contributed by atoms with Gasteiger partial charge in [0.15, 0.2) is 6.29 Å². The lowest BCUT2D eigenvalue weighted by molar-refractivity contribution is -0.0913. The molecule has 0 aliphatic carbocycles. The molecule has 1 aromatic carbocycles. The molecule has 0 amide bonds. The van der Waals surface area contributed by atoms with Crippen LogP contribution in [0.3, 0.4) is 0 Å². The molecule has 0 radical (unpaired) electrons. The van der Waals surface area contributed by atoms with Gasteiger partial charge < -0.3 is 24.4 Å². The Bertz CT molecular complexity index is 314. The van der Waals surface area contributed by atoms with Gasteiger partial charge in [-0.2, -0.15) is 0 Å². The molecule has 0 bridgehead atoms. The minimum absolute atomic E-state index is 0.0205. The zero-order valence-electron chi connectivity index (χ0n) is 9.83. The number of hydrogen-bond donors (Lipinski definition) is 2. The van der Waals surface area contributed by atoms with Gasteiger partial charge in [-0.1, -0.05) is 6.07 Å². The maximum Gasteiger partial charge on any atom is 0.151 e. The fourth-order valence-electron chi connectivity index (χ4n) is 1.20. The molecule has 0 aromatic heterocycles. The molecule has 0 fully saturated rings. The molecule has 1 unspecified atom stereocenters. The minimum atomic E-state index is -0.780. The van der Waals surface area contributed by atoms with Crippen molar-refractivity contribution in [3.63, 3.8) is 0 Å². The van der Waals surface area contributed by atoms with E-state index in [0.717, 1.165) is 0 Å². The molecule has 0 saturated carbocycles. The van der Waals surface area contributed by atoms with E-state index in [0.29, 0.717) is 24.7 Å². The summed E-state index contributed by atoms with van der Waals surface area (Å²) in [5, 5.41) is 17.5. The average Bonchev–Trinajstić information content (AvgIpc) is 2.32. The quantitative estimate of drug-likeness (QED) is 0.521. The molecular weight excluding hydrogens is 224 g/mol. The number of aliphatic hydroxyl groups is 2. The van der Waals surface area contributed by atoms with Crippen LogP contribution in [0, 0.1) is 0 Å². The maximum absolute atomic E-state index is 8.87. The Balaban J connectivity index is 2.32. The molecular formula is C12H18O5. The molecule has 0 saturated heterocycles. The van der Waals surface area contributed by atoms with Gasteiger partial charge in [-0.25, -0.2) is 0 Å². The van der Waals surface area contributed by atoms with E-state index >= 15 is 0 Å². The predicted octanol–water partition coefficient (Wildman–Crippen LogP) is 0.791. The third kappa shape index (κ3) is 6.11. The van der Waals surface area contributed by atoms with Crippen molar-refractivity contribution in [3.05, 3.63) is 24.3 Å². The second-order valence-corrected chi connectivity index (χ2v) is 3.37. The Kier molecular flexibility index (Phi) is 6.39. The van der Waals surface area contributed by atoms with Crippen LogP contribution in [0.15, 0.2) is 24.3 Å². The summed E-state index contributed by atoms with van der Waals surface area (Å²) in [4.78, 5) is 0. The van der Waals surface area contributed by atoms with Crippen molar-refractivity contribution in [1.29, 1.82) is 0 Å². The molecule has 1 atom stereocenters. The lowest BCUT2D eigenvalue weighted by atomic mass is 10.3. The Morgan fingerprint density at radius 1 is 1.12 bits per heavy atom. The summed E-state index contributed by atoms with van der Waals surface area (Å²) in [5.41, 5.74) is 0. The standard InChI is InChI=1S/C12H18O5/c1-10(14)15-7-8-17-12-4-2-3-11(9-12)16-6-5-13/h2-4,9-10,13-14H,5-8H2,1H3. The van der Waals surface area contributed by atoms with Crippen LogP contribution in [0.5, 0.6) is 11.5 Å². The summed E-state index contributed by atoms with van der Waals surface area (Å²) in [6.45, 7) is 2.46. The van der Waals surface area contributed by atoms with E-state index in [1.54, 1.807) is 31.2 Å². The van der Waals surface area contributed by atoms with Crippen LogP contribution in [-0.2, 0) is 4.74 Å². The maximum atomic E-state index is 8.87. The molecule has 5 nitrogen and oxygen atoms in total. The van der Waals surface area contributed by atoms with Crippen LogP contribution in [0.4, 0.5) is 0 Å². The lowest BCUT2D eigenvalue weighted by Crippen LogP contribution is -2.13. The van der Waals surface area contributed by atoms with Gasteiger partial charge in [0.2, 0.25) is 0 Å². The molecule has 0 aliphatic rings. The van der Waals surface area contributed by atoms with Crippen molar-refractivity contribution in [2.75, 3.05) is 26.4 Å². The summed E-state index contributed by atoms with van der Waals surface area (Å²) in [6.07, 6.45) is -0.780. The predicted molar refractivity (Wildman–Crippen MR) is 62.2 cm³/mol. The molecule has 0 heterocycles. The zero-order chi connectivity index (χ0) is 12.5. The summed E-state index contributed by atoms with van der Waals surface area (Å²) in [6, 6.07) is 7.12. The van der Waals surface area contributed by atoms with Crippen LogP contribution in [0.25, 0.3) is 0 Å². The summed E-state index contributed by atoms with van der Waals surface area (Å²) < 4.78 is 15.6. The lowest BCUT2D eigenvalue weighted by Gasteiger charge is -2.10. The largest absolute Gasteiger partial charge is 0.491 e. The fourth-order valence-corrected chi connectivity index (χ4v) is 1.20. The topological polar surface area (TPSA) is 68.2 Å². The third-order valence-corrected chi connectivity index (χ3v) is 1.88. The van der Waals surface area contributed by atoms with Crippen molar-refractivity contribution in [2.45, 2.75) is 13.2 Å². The van der Waals surface area contributed by atoms with E-state index in [1.165, 1.54) is 0 Å². The molecule has 2 N–H and O–H groups in total. The van der Waals surface area contributed by atoms with Crippen molar-refractivity contribution in [1.82, 2.24) is 0 Å². The van der Waals surface area contributed by atoms with Crippen molar-refractivity contribution < 1.29 is 24.4 Å². The first-order valence-corrected chi connectivity index (χ1v) is 5.48. The van der Waals surface area contributed by atoms with Crippen LogP contribution in [0.1, 0.15) is 6.92 Å². The van der Waals surface area contributed by atoms with Gasteiger partial charge in [0, 0.05) is 6.07 Å². The van der Waals surface area contributed by atoms with E-state index in [-0.39, 0.29) is 13.2 Å². The highest BCUT2D eigenvalue weighted by atomic mass is 16.6. The van der Waals surface area contributed by atoms with E-state index in [2.05, 4.69) is 0 Å². The van der Waals surface area contributed by atoms with Gasteiger partial charge in [-0.15, -0.1) is 0 Å². The molecule has 0 spiro atoms. The summed E-state index contributed by atoms with van der Waals surface area (Å²) >= 11 is 0. The van der Waals surface area contributed by atoms with Crippen molar-refractivity contribution in [3.8, 4) is 11.5 Å². The Hall–Kier alpha value is -1.30. The van der Waals surface area contributed by atoms with Gasteiger partial charge in [0.1, 0.15) is 24.7 Å². The third-order valence-electron chi connectivity index (χ3n) is 1.88. The summed E-state index contributed by atoms with van der Waals surface area (Å²) in [7, 11) is 0. The first kappa shape index (κ1) is 13.8. The molecule has 96 valence electrons. The van der Waals surface area contributed by atoms with Gasteiger partial charge in [0.05, 0.1) is 13.2 Å². The van der Waals surface area contributed by atoms with Crippen LogP contribution >= 0.6 is 0 Å². The van der Waals surface area contributed by atoms with Crippen LogP contribution in [-0.4, -0.2) is 42.9 Å². The number of benzene rings is 1. The van der Waals surface area contributed by atoms with E-state index in [1.807, 2.05) is 0 Å². The highest BCUT2D eigenvalue weighted by Gasteiger charge is 1.99. The monoisotopic (exact) mass is 242 g/mol. The Morgan fingerprint density at radius 2 is 1.76 bits per heavy atom. The van der Waals surface area contributed by atoms with Crippen molar-refractivity contribution in [2.24, 2.45) is 0 Å². The molecule has 1 rings (SSSR count). The molecule has 17 heavy (non-hydrogen) atoms. The smallest absolute Gasteiger partial charge is 0.151 e. The second-order valence-electron chi connectivity index (χ2n) is 3.37. The van der Waals surface area contributed by atoms with Crippen molar-refractivity contribution >= 4 is 0 Å². The van der Waals surface area contributed by atoms with Gasteiger partial charge in [-0.3, -0.25) is 0 Å². The fraction of sp³-hybridized carbons (Fsp3) is 0.500. The van der Waals surface area contributed by atoms with Gasteiger partial charge in [0.25, 0.3) is 0 Å². The van der Waals surface area contributed by atoms with Gasteiger partial charge >= 0.3 is 0 Å². The molecule has 0 aliphatic heterocycles. The van der Waals surface area contributed by atoms with Crippen LogP contribution in [0.2, 0.25) is 0 Å². The number of ether oxygens (including phenoxy) is 3. The Morgan fingerprint density at radius 3 is 2.35 bits per heavy atom. The molecule has 5 heteroatoms. The Labute approximate surface area is 101 Å². The highest BCUT2D eigenvalue weighted by molar-refractivity contribution is 5.32. The highest BCUT2D eigenvalue weighted by Crippen LogP contribution is 2.19. The minimum Gasteiger partial charge on any atom is -0.491 e.